The first kappa shape index (κ1) is 20.8. The van der Waals surface area contributed by atoms with Gasteiger partial charge in [0, 0.05) is 29.9 Å². The summed E-state index contributed by atoms with van der Waals surface area (Å²) in [4.78, 5) is 16.9. The fourth-order valence-corrected chi connectivity index (χ4v) is 3.15. The average molecular weight is 405 g/mol. The molecule has 1 amide bonds. The lowest BCUT2D eigenvalue weighted by molar-refractivity contribution is -0.117. The molecule has 3 aromatic heterocycles. The van der Waals surface area contributed by atoms with Crippen molar-refractivity contribution in [2.75, 3.05) is 12.4 Å². The summed E-state index contributed by atoms with van der Waals surface area (Å²) in [6.07, 6.45) is 3.09. The molecule has 1 N–H and O–H groups in total. The van der Waals surface area contributed by atoms with Crippen LogP contribution in [0.15, 0.2) is 24.5 Å². The minimum Gasteiger partial charge on any atom is -0.493 e. The van der Waals surface area contributed by atoms with Gasteiger partial charge in [-0.2, -0.15) is 13.9 Å². The van der Waals surface area contributed by atoms with E-state index >= 15 is 0 Å². The largest absolute Gasteiger partial charge is 0.493 e. The van der Waals surface area contributed by atoms with Crippen molar-refractivity contribution >= 4 is 22.8 Å². The van der Waals surface area contributed by atoms with Gasteiger partial charge in [0.25, 0.3) is 0 Å². The van der Waals surface area contributed by atoms with Crippen molar-refractivity contribution < 1.29 is 18.3 Å². The third-order valence-electron chi connectivity index (χ3n) is 4.42. The Morgan fingerprint density at radius 3 is 2.62 bits per heavy atom. The lowest BCUT2D eigenvalue weighted by atomic mass is 9.92. The van der Waals surface area contributed by atoms with Gasteiger partial charge in [0.2, 0.25) is 5.91 Å². The van der Waals surface area contributed by atoms with Crippen LogP contribution in [-0.4, -0.2) is 32.3 Å². The number of alkyl halides is 2. The molecule has 0 fully saturated rings. The van der Waals surface area contributed by atoms with Gasteiger partial charge in [-0.25, -0.2) is 9.67 Å². The molecule has 9 heteroatoms. The molecule has 3 rings (SSSR count). The number of anilines is 1. The van der Waals surface area contributed by atoms with E-state index in [1.54, 1.807) is 6.07 Å². The number of ether oxygens (including phenoxy) is 1. The van der Waals surface area contributed by atoms with Crippen LogP contribution in [0.3, 0.4) is 0 Å². The van der Waals surface area contributed by atoms with E-state index in [4.69, 9.17) is 4.74 Å². The molecule has 3 aromatic rings. The lowest BCUT2D eigenvalue weighted by Gasteiger charge is -2.18. The number of rotatable bonds is 6. The Morgan fingerprint density at radius 1 is 1.31 bits per heavy atom. The number of aryl methyl sites for hydroxylation is 1. The molecule has 0 bridgehead atoms. The van der Waals surface area contributed by atoms with Gasteiger partial charge in [-0.15, -0.1) is 0 Å². The second-order valence-electron chi connectivity index (χ2n) is 8.21. The van der Waals surface area contributed by atoms with Crippen molar-refractivity contribution in [2.45, 2.75) is 47.2 Å². The Hall–Kier alpha value is -2.97. The normalized spacial score (nSPS) is 12.0. The summed E-state index contributed by atoms with van der Waals surface area (Å²) in [5, 5.41) is 6.50. The highest BCUT2D eigenvalue weighted by Gasteiger charge is 2.19. The van der Waals surface area contributed by atoms with E-state index in [0.717, 1.165) is 11.2 Å². The van der Waals surface area contributed by atoms with Gasteiger partial charge in [-0.1, -0.05) is 20.8 Å². The van der Waals surface area contributed by atoms with Crippen molar-refractivity contribution in [2.24, 2.45) is 5.41 Å². The first-order valence-corrected chi connectivity index (χ1v) is 9.23. The molecule has 3 heterocycles. The van der Waals surface area contributed by atoms with Crippen LogP contribution >= 0.6 is 0 Å². The number of halogens is 2. The maximum Gasteiger partial charge on any atom is 0.333 e. The van der Waals surface area contributed by atoms with E-state index in [1.165, 1.54) is 19.5 Å². The molecule has 0 spiro atoms. The molecule has 0 aliphatic heterocycles. The van der Waals surface area contributed by atoms with Crippen LogP contribution in [0.4, 0.5) is 14.6 Å². The number of hydrogen-bond acceptors (Lipinski definition) is 4. The number of hydrogen-bond donors (Lipinski definition) is 1. The molecule has 0 aliphatic carbocycles. The zero-order valence-corrected chi connectivity index (χ0v) is 17.2. The number of methoxy groups -OCH3 is 1. The van der Waals surface area contributed by atoms with Crippen molar-refractivity contribution in [3.8, 4) is 5.75 Å². The highest BCUT2D eigenvalue weighted by Crippen LogP contribution is 2.30. The Balaban J connectivity index is 1.93. The minimum atomic E-state index is -2.67. The van der Waals surface area contributed by atoms with Crippen molar-refractivity contribution in [3.63, 3.8) is 0 Å². The highest BCUT2D eigenvalue weighted by atomic mass is 19.3. The summed E-state index contributed by atoms with van der Waals surface area (Å²) in [5.41, 5.74) is 2.85. The number of carbonyl (C=O) groups is 1. The molecule has 0 atom stereocenters. The van der Waals surface area contributed by atoms with Gasteiger partial charge in [-0.05, 0) is 18.4 Å². The van der Waals surface area contributed by atoms with Gasteiger partial charge < -0.3 is 14.6 Å². The molecule has 0 saturated carbocycles. The fourth-order valence-electron chi connectivity index (χ4n) is 3.15. The lowest BCUT2D eigenvalue weighted by Crippen LogP contribution is -2.20. The van der Waals surface area contributed by atoms with Gasteiger partial charge in [-0.3, -0.25) is 4.79 Å². The van der Waals surface area contributed by atoms with Crippen LogP contribution in [-0.2, 0) is 11.3 Å². The summed E-state index contributed by atoms with van der Waals surface area (Å²) in [5.74, 6) is 0.650. The van der Waals surface area contributed by atoms with E-state index in [-0.39, 0.29) is 11.3 Å². The number of pyridine rings is 1. The van der Waals surface area contributed by atoms with Gasteiger partial charge >= 0.3 is 6.55 Å². The number of fused-ring (bicyclic) bond motifs is 1. The van der Waals surface area contributed by atoms with E-state index in [2.05, 4.69) is 15.4 Å². The van der Waals surface area contributed by atoms with E-state index in [0.29, 0.717) is 40.3 Å². The van der Waals surface area contributed by atoms with Gasteiger partial charge in [0.05, 0.1) is 30.9 Å². The SMILES string of the molecule is COc1cc2c(cc(C)n2Cc2cnn(C(F)F)c2)nc1NC(=O)CC(C)(C)C. The predicted molar refractivity (Wildman–Crippen MR) is 106 cm³/mol. The van der Waals surface area contributed by atoms with E-state index in [9.17, 15) is 13.6 Å². The molecule has 0 unspecified atom stereocenters. The summed E-state index contributed by atoms with van der Waals surface area (Å²) in [6, 6.07) is 3.67. The maximum atomic E-state index is 12.8. The summed E-state index contributed by atoms with van der Waals surface area (Å²) in [7, 11) is 1.51. The fraction of sp³-hybridized carbons (Fsp3) is 0.450. The van der Waals surface area contributed by atoms with Crippen LogP contribution in [0, 0.1) is 12.3 Å². The minimum absolute atomic E-state index is 0.141. The number of carbonyl (C=O) groups excluding carboxylic acids is 1. The van der Waals surface area contributed by atoms with Crippen LogP contribution in [0.1, 0.15) is 45.0 Å². The maximum absolute atomic E-state index is 12.8. The molecule has 7 nitrogen and oxygen atoms in total. The highest BCUT2D eigenvalue weighted by molar-refractivity contribution is 5.93. The van der Waals surface area contributed by atoms with Crippen molar-refractivity contribution in [1.82, 2.24) is 19.3 Å². The van der Waals surface area contributed by atoms with Crippen molar-refractivity contribution in [3.05, 3.63) is 35.8 Å². The zero-order valence-electron chi connectivity index (χ0n) is 17.2. The topological polar surface area (TPSA) is 74.0 Å². The van der Waals surface area contributed by atoms with Gasteiger partial charge in [0.15, 0.2) is 11.6 Å². The van der Waals surface area contributed by atoms with Crippen LogP contribution in [0.2, 0.25) is 0 Å². The number of aromatic nitrogens is 4. The number of nitrogens with zero attached hydrogens (tertiary/aromatic N) is 4. The molecule has 0 saturated heterocycles. The quantitative estimate of drug-likeness (QED) is 0.661. The first-order valence-electron chi connectivity index (χ1n) is 9.23. The monoisotopic (exact) mass is 405 g/mol. The summed E-state index contributed by atoms with van der Waals surface area (Å²) >= 11 is 0. The van der Waals surface area contributed by atoms with E-state index < -0.39 is 6.55 Å². The predicted octanol–water partition coefficient (Wildman–Crippen LogP) is 4.37. The molecular weight excluding hydrogens is 380 g/mol. The smallest absolute Gasteiger partial charge is 0.333 e. The molecule has 0 aromatic carbocycles. The van der Waals surface area contributed by atoms with Crippen molar-refractivity contribution in [1.29, 1.82) is 0 Å². The number of amides is 1. The number of nitrogens with one attached hydrogen (secondary N) is 1. The Bertz CT molecular complexity index is 1030. The van der Waals surface area contributed by atoms with Crippen LogP contribution in [0.5, 0.6) is 5.75 Å². The molecule has 0 radical (unpaired) electrons. The summed E-state index contributed by atoms with van der Waals surface area (Å²) in [6.45, 7) is 5.55. The van der Waals surface area contributed by atoms with Crippen LogP contribution in [0.25, 0.3) is 11.0 Å². The molecule has 29 heavy (non-hydrogen) atoms. The average Bonchev–Trinajstić information content (AvgIpc) is 3.18. The Kier molecular flexibility index (Phi) is 5.59. The third-order valence-corrected chi connectivity index (χ3v) is 4.42. The second kappa shape index (κ2) is 7.81. The Morgan fingerprint density at radius 2 is 2.03 bits per heavy atom. The standard InChI is InChI=1S/C20H25F2N5O2/c1-12-6-14-15(26(12)10-13-9-23-27(11-13)19(21)22)7-16(29-5)18(24-14)25-17(28)8-20(2,3)4/h6-7,9,11,19H,8,10H2,1-5H3,(H,24,25,28). The Labute approximate surface area is 167 Å². The zero-order chi connectivity index (χ0) is 21.3. The molecular formula is C20H25F2N5O2. The molecule has 156 valence electrons. The van der Waals surface area contributed by atoms with Crippen LogP contribution < -0.4 is 10.1 Å². The summed E-state index contributed by atoms with van der Waals surface area (Å²) < 4.78 is 33.5. The van der Waals surface area contributed by atoms with E-state index in [1.807, 2.05) is 38.3 Å². The molecule has 0 aliphatic rings. The first-order chi connectivity index (χ1) is 13.6. The third kappa shape index (κ3) is 4.72. The van der Waals surface area contributed by atoms with Gasteiger partial charge in [0.1, 0.15) is 0 Å². The second-order valence-corrected chi connectivity index (χ2v) is 8.21.